The van der Waals surface area contributed by atoms with Crippen LogP contribution in [0.4, 0.5) is 11.4 Å². The Hall–Kier alpha value is -3.66. The first kappa shape index (κ1) is 17.2. The third-order valence-corrected chi connectivity index (χ3v) is 3.71. The van der Waals surface area contributed by atoms with Crippen molar-refractivity contribution in [2.24, 2.45) is 0 Å². The normalized spacial score (nSPS) is 10.5. The summed E-state index contributed by atoms with van der Waals surface area (Å²) in [6.07, 6.45) is 3.22. The molecule has 4 heteroatoms. The molecule has 1 amide bonds. The van der Waals surface area contributed by atoms with Gasteiger partial charge in [-0.2, -0.15) is 0 Å². The number of hydrogen-bond acceptors (Lipinski definition) is 2. The van der Waals surface area contributed by atoms with Crippen molar-refractivity contribution in [3.05, 3.63) is 103 Å². The highest BCUT2D eigenvalue weighted by molar-refractivity contribution is 6.23. The first-order chi connectivity index (χ1) is 12.7. The summed E-state index contributed by atoms with van der Waals surface area (Å²) in [4.78, 5) is 14.1. The fraction of sp³-hybridized carbons (Fsp3) is 0. The molecular formula is C22H19N3O. The number of hydrogen-bond donors (Lipinski definition) is 2. The van der Waals surface area contributed by atoms with Crippen LogP contribution in [-0.2, 0) is 4.79 Å². The highest BCUT2D eigenvalue weighted by Crippen LogP contribution is 2.16. The van der Waals surface area contributed by atoms with Gasteiger partial charge in [0.25, 0.3) is 5.91 Å². The summed E-state index contributed by atoms with van der Waals surface area (Å²) >= 11 is 0. The van der Waals surface area contributed by atoms with E-state index in [2.05, 4.69) is 5.32 Å². The largest absolute Gasteiger partial charge is 0.326 e. The molecule has 0 saturated heterocycles. The first-order valence-corrected chi connectivity index (χ1v) is 8.27. The molecule has 0 unspecified atom stereocenters. The number of para-hydroxylation sites is 2. The molecule has 26 heavy (non-hydrogen) atoms. The van der Waals surface area contributed by atoms with E-state index in [0.29, 0.717) is 5.69 Å². The van der Waals surface area contributed by atoms with Gasteiger partial charge in [-0.05, 0) is 35.9 Å². The summed E-state index contributed by atoms with van der Waals surface area (Å²) in [5.41, 5.74) is 2.30. The Kier molecular flexibility index (Phi) is 5.58. The molecule has 3 rings (SSSR count). The van der Waals surface area contributed by atoms with E-state index < -0.39 is 0 Å². The molecule has 3 aromatic carbocycles. The van der Waals surface area contributed by atoms with E-state index >= 15 is 0 Å². The van der Waals surface area contributed by atoms with Crippen LogP contribution in [0.2, 0.25) is 0 Å². The molecule has 0 heterocycles. The summed E-state index contributed by atoms with van der Waals surface area (Å²) < 4.78 is 0. The smallest absolute Gasteiger partial charge is 0.257 e. The van der Waals surface area contributed by atoms with Crippen LogP contribution in [0.25, 0.3) is 6.08 Å². The van der Waals surface area contributed by atoms with Crippen LogP contribution >= 0.6 is 0 Å². The van der Waals surface area contributed by atoms with Crippen molar-refractivity contribution in [2.75, 3.05) is 10.2 Å². The van der Waals surface area contributed by atoms with Crippen LogP contribution in [-0.4, -0.2) is 11.9 Å². The zero-order valence-electron chi connectivity index (χ0n) is 14.2. The molecule has 0 saturated carbocycles. The standard InChI is InChI=1S/C22H19N3O/c23-22(24-19-12-6-2-7-13-19)25(20-14-8-3-9-15-20)21(26)17-16-18-10-4-1-5-11-18/h1-17H,(H2,23,24)/b17-16+. The monoisotopic (exact) mass is 341 g/mol. The van der Waals surface area contributed by atoms with E-state index in [0.717, 1.165) is 11.3 Å². The van der Waals surface area contributed by atoms with Crippen LogP contribution in [0.3, 0.4) is 0 Å². The maximum Gasteiger partial charge on any atom is 0.257 e. The quantitative estimate of drug-likeness (QED) is 0.408. The van der Waals surface area contributed by atoms with Crippen molar-refractivity contribution in [1.82, 2.24) is 0 Å². The zero-order valence-corrected chi connectivity index (χ0v) is 14.2. The molecule has 0 radical (unpaired) electrons. The minimum atomic E-state index is -0.298. The van der Waals surface area contributed by atoms with Gasteiger partial charge in [0, 0.05) is 11.8 Å². The Balaban J connectivity index is 1.85. The average Bonchev–Trinajstić information content (AvgIpc) is 2.69. The van der Waals surface area contributed by atoms with Gasteiger partial charge >= 0.3 is 0 Å². The van der Waals surface area contributed by atoms with Crippen LogP contribution in [0.5, 0.6) is 0 Å². The Bertz CT molecular complexity index is 890. The van der Waals surface area contributed by atoms with Gasteiger partial charge in [-0.15, -0.1) is 0 Å². The summed E-state index contributed by atoms with van der Waals surface area (Å²) in [5.74, 6) is -0.307. The van der Waals surface area contributed by atoms with Gasteiger partial charge in [0.2, 0.25) is 5.96 Å². The van der Waals surface area contributed by atoms with Gasteiger partial charge in [-0.25, -0.2) is 4.90 Å². The summed E-state index contributed by atoms with van der Waals surface area (Å²) in [7, 11) is 0. The molecule has 0 aliphatic heterocycles. The molecule has 0 aliphatic carbocycles. The number of benzene rings is 3. The minimum Gasteiger partial charge on any atom is -0.326 e. The van der Waals surface area contributed by atoms with Crippen LogP contribution < -0.4 is 10.2 Å². The second-order valence-electron chi connectivity index (χ2n) is 5.59. The fourth-order valence-electron chi connectivity index (χ4n) is 2.46. The third kappa shape index (κ3) is 4.45. The molecule has 2 N–H and O–H groups in total. The molecule has 3 aromatic rings. The Morgan fingerprint density at radius 1 is 0.808 bits per heavy atom. The van der Waals surface area contributed by atoms with Gasteiger partial charge < -0.3 is 5.32 Å². The third-order valence-electron chi connectivity index (χ3n) is 3.71. The number of rotatable bonds is 4. The molecule has 0 atom stereocenters. The summed E-state index contributed by atoms with van der Waals surface area (Å²) in [6, 6.07) is 28.1. The number of guanidine groups is 1. The fourth-order valence-corrected chi connectivity index (χ4v) is 2.46. The maximum atomic E-state index is 12.8. The SMILES string of the molecule is N=C(Nc1ccccc1)N(C(=O)/C=C/c1ccccc1)c1ccccc1. The first-order valence-electron chi connectivity index (χ1n) is 8.27. The van der Waals surface area contributed by atoms with Gasteiger partial charge in [0.15, 0.2) is 0 Å². The minimum absolute atomic E-state index is 0.00916. The molecule has 128 valence electrons. The lowest BCUT2D eigenvalue weighted by atomic mass is 10.2. The van der Waals surface area contributed by atoms with Crippen LogP contribution in [0.1, 0.15) is 5.56 Å². The van der Waals surface area contributed by atoms with Gasteiger partial charge in [0.1, 0.15) is 0 Å². The summed E-state index contributed by atoms with van der Waals surface area (Å²) in [6.45, 7) is 0. The second-order valence-corrected chi connectivity index (χ2v) is 5.59. The van der Waals surface area contributed by atoms with Crippen molar-refractivity contribution < 1.29 is 4.79 Å². The van der Waals surface area contributed by atoms with E-state index in [9.17, 15) is 4.79 Å². The summed E-state index contributed by atoms with van der Waals surface area (Å²) in [5, 5.41) is 11.4. The molecule has 0 aliphatic rings. The Labute approximate surface area is 152 Å². The Morgan fingerprint density at radius 2 is 1.35 bits per heavy atom. The van der Waals surface area contributed by atoms with Crippen LogP contribution in [0.15, 0.2) is 97.1 Å². The van der Waals surface area contributed by atoms with Crippen molar-refractivity contribution in [3.8, 4) is 0 Å². The number of carbonyl (C=O) groups excluding carboxylic acids is 1. The van der Waals surface area contributed by atoms with Crippen LogP contribution in [0, 0.1) is 5.41 Å². The van der Waals surface area contributed by atoms with Gasteiger partial charge in [-0.1, -0.05) is 66.7 Å². The number of anilines is 2. The van der Waals surface area contributed by atoms with Crippen molar-refractivity contribution in [2.45, 2.75) is 0 Å². The molecule has 0 bridgehead atoms. The van der Waals surface area contributed by atoms with E-state index in [1.165, 1.54) is 11.0 Å². The molecule has 0 fully saturated rings. The highest BCUT2D eigenvalue weighted by Gasteiger charge is 2.18. The van der Waals surface area contributed by atoms with E-state index in [4.69, 9.17) is 5.41 Å². The Morgan fingerprint density at radius 3 is 1.96 bits per heavy atom. The van der Waals surface area contributed by atoms with Crippen molar-refractivity contribution >= 4 is 29.3 Å². The number of carbonyl (C=O) groups is 1. The van der Waals surface area contributed by atoms with Gasteiger partial charge in [-0.3, -0.25) is 10.2 Å². The van der Waals surface area contributed by atoms with Crippen molar-refractivity contribution in [3.63, 3.8) is 0 Å². The van der Waals surface area contributed by atoms with Gasteiger partial charge in [0.05, 0.1) is 5.69 Å². The predicted molar refractivity (Wildman–Crippen MR) is 107 cm³/mol. The zero-order chi connectivity index (χ0) is 18.2. The average molecular weight is 341 g/mol. The van der Waals surface area contributed by atoms with E-state index in [-0.39, 0.29) is 11.9 Å². The molecular weight excluding hydrogens is 322 g/mol. The topological polar surface area (TPSA) is 56.2 Å². The van der Waals surface area contributed by atoms with E-state index in [1.54, 1.807) is 18.2 Å². The predicted octanol–water partition coefficient (Wildman–Crippen LogP) is 4.78. The lowest BCUT2D eigenvalue weighted by molar-refractivity contribution is -0.113. The number of nitrogens with zero attached hydrogens (tertiary/aromatic N) is 1. The molecule has 4 nitrogen and oxygen atoms in total. The molecule has 0 aromatic heterocycles. The second kappa shape index (κ2) is 8.44. The number of amides is 1. The lowest BCUT2D eigenvalue weighted by Gasteiger charge is -2.22. The number of nitrogens with one attached hydrogen (secondary N) is 2. The lowest BCUT2D eigenvalue weighted by Crippen LogP contribution is -2.39. The molecule has 0 spiro atoms. The maximum absolute atomic E-state index is 12.8. The van der Waals surface area contributed by atoms with Crippen molar-refractivity contribution in [1.29, 1.82) is 5.41 Å². The highest BCUT2D eigenvalue weighted by atomic mass is 16.2. The van der Waals surface area contributed by atoms with E-state index in [1.807, 2.05) is 78.9 Å².